The topological polar surface area (TPSA) is 76.0 Å². The van der Waals surface area contributed by atoms with Crippen molar-refractivity contribution in [2.24, 2.45) is 16.8 Å². The van der Waals surface area contributed by atoms with Crippen LogP contribution in [0, 0.1) is 11.8 Å². The first-order valence-electron chi connectivity index (χ1n) is 8.22. The lowest BCUT2D eigenvalue weighted by Crippen LogP contribution is -2.47. The SMILES string of the molecule is COCC(=O)N=C1SC2CS(=O)(=O)CC2N1C1CC2CCC1C2. The summed E-state index contributed by atoms with van der Waals surface area (Å²) < 4.78 is 28.9. The van der Waals surface area contributed by atoms with Gasteiger partial charge in [-0.05, 0) is 31.1 Å². The second kappa shape index (κ2) is 5.74. The summed E-state index contributed by atoms with van der Waals surface area (Å²) in [6, 6.07) is 0.349. The highest BCUT2D eigenvalue weighted by molar-refractivity contribution is 8.15. The predicted molar refractivity (Wildman–Crippen MR) is 89.2 cm³/mol. The van der Waals surface area contributed by atoms with Crippen LogP contribution in [0.5, 0.6) is 0 Å². The zero-order valence-electron chi connectivity index (χ0n) is 13.2. The first kappa shape index (κ1) is 15.9. The lowest BCUT2D eigenvalue weighted by molar-refractivity contribution is -0.121. The van der Waals surface area contributed by atoms with E-state index in [4.69, 9.17) is 4.74 Å². The second-order valence-corrected chi connectivity index (χ2v) is 10.5. The quantitative estimate of drug-likeness (QED) is 0.747. The van der Waals surface area contributed by atoms with Crippen molar-refractivity contribution in [3.05, 3.63) is 0 Å². The number of ether oxygens (including phenoxy) is 1. The van der Waals surface area contributed by atoms with Gasteiger partial charge in [0.25, 0.3) is 5.91 Å². The molecule has 2 saturated carbocycles. The Bertz CT molecular complexity index is 648. The van der Waals surface area contributed by atoms with E-state index in [1.54, 1.807) is 0 Å². The van der Waals surface area contributed by atoms with Crippen molar-refractivity contribution < 1.29 is 17.9 Å². The van der Waals surface area contributed by atoms with Gasteiger partial charge in [-0.2, -0.15) is 4.99 Å². The van der Waals surface area contributed by atoms with E-state index in [1.807, 2.05) is 0 Å². The summed E-state index contributed by atoms with van der Waals surface area (Å²) in [5.74, 6) is 1.52. The number of methoxy groups -OCH3 is 1. The van der Waals surface area contributed by atoms with Gasteiger partial charge in [0, 0.05) is 18.4 Å². The van der Waals surface area contributed by atoms with Gasteiger partial charge in [-0.3, -0.25) is 4.79 Å². The standard InChI is InChI=1S/C15H22N2O4S2/c1-21-6-14(18)16-15-17(11-5-9-2-3-10(11)4-9)12-7-23(19,20)8-13(12)22-15/h9-13H,2-8H2,1H3. The maximum absolute atomic E-state index is 12.0. The molecule has 5 unspecified atom stereocenters. The number of nitrogens with zero attached hydrogens (tertiary/aromatic N) is 2. The number of rotatable bonds is 3. The van der Waals surface area contributed by atoms with Crippen molar-refractivity contribution in [2.75, 3.05) is 25.2 Å². The number of carbonyl (C=O) groups excluding carboxylic acids is 1. The van der Waals surface area contributed by atoms with Crippen LogP contribution in [0.2, 0.25) is 0 Å². The van der Waals surface area contributed by atoms with Crippen LogP contribution in [0.4, 0.5) is 0 Å². The van der Waals surface area contributed by atoms with Crippen LogP contribution in [-0.4, -0.2) is 66.9 Å². The van der Waals surface area contributed by atoms with Gasteiger partial charge < -0.3 is 9.64 Å². The molecule has 0 spiro atoms. The number of amidine groups is 1. The highest BCUT2D eigenvalue weighted by Crippen LogP contribution is 2.51. The molecule has 0 N–H and O–H groups in total. The Morgan fingerprint density at radius 1 is 1.30 bits per heavy atom. The number of fused-ring (bicyclic) bond motifs is 3. The highest BCUT2D eigenvalue weighted by Gasteiger charge is 2.54. The number of thioether (sulfide) groups is 1. The highest BCUT2D eigenvalue weighted by atomic mass is 32.2. The fourth-order valence-electron chi connectivity index (χ4n) is 4.79. The van der Waals surface area contributed by atoms with Crippen LogP contribution in [0.3, 0.4) is 0 Å². The molecule has 6 nitrogen and oxygen atoms in total. The first-order valence-corrected chi connectivity index (χ1v) is 10.9. The van der Waals surface area contributed by atoms with Gasteiger partial charge in [0.1, 0.15) is 6.61 Å². The molecule has 0 aromatic heterocycles. The summed E-state index contributed by atoms with van der Waals surface area (Å²) >= 11 is 1.48. The lowest BCUT2D eigenvalue weighted by Gasteiger charge is -2.36. The molecule has 2 heterocycles. The maximum atomic E-state index is 12.0. The lowest BCUT2D eigenvalue weighted by atomic mass is 9.93. The number of hydrogen-bond donors (Lipinski definition) is 0. The van der Waals surface area contributed by atoms with Crippen LogP contribution in [0.25, 0.3) is 0 Å². The summed E-state index contributed by atoms with van der Waals surface area (Å²) in [6.07, 6.45) is 4.88. The Kier molecular flexibility index (Phi) is 3.97. The van der Waals surface area contributed by atoms with Gasteiger partial charge >= 0.3 is 0 Å². The fourth-order valence-corrected chi connectivity index (χ4v) is 8.78. The third-order valence-corrected chi connectivity index (χ3v) is 8.88. The monoisotopic (exact) mass is 358 g/mol. The maximum Gasteiger partial charge on any atom is 0.274 e. The summed E-state index contributed by atoms with van der Waals surface area (Å²) in [7, 11) is -1.49. The van der Waals surface area contributed by atoms with Gasteiger partial charge in [-0.15, -0.1) is 0 Å². The van der Waals surface area contributed by atoms with Crippen molar-refractivity contribution >= 4 is 32.7 Å². The molecule has 4 aliphatic rings. The summed E-state index contributed by atoms with van der Waals surface area (Å²) in [5, 5.41) is 0.753. The average Bonchev–Trinajstić information content (AvgIpc) is 3.18. The molecule has 2 aliphatic carbocycles. The molecule has 8 heteroatoms. The number of carbonyl (C=O) groups is 1. The Labute approximate surface area is 141 Å². The molecule has 4 rings (SSSR count). The number of hydrogen-bond acceptors (Lipinski definition) is 5. The van der Waals surface area contributed by atoms with Crippen LogP contribution < -0.4 is 0 Å². The van der Waals surface area contributed by atoms with Crippen molar-refractivity contribution in [2.45, 2.75) is 43.0 Å². The van der Waals surface area contributed by atoms with Crippen molar-refractivity contribution in [1.82, 2.24) is 4.90 Å². The van der Waals surface area contributed by atoms with Gasteiger partial charge in [-0.25, -0.2) is 8.42 Å². The minimum absolute atomic E-state index is 0.0107. The third kappa shape index (κ3) is 2.82. The molecule has 23 heavy (non-hydrogen) atoms. The van der Waals surface area contributed by atoms with E-state index < -0.39 is 9.84 Å². The van der Waals surface area contributed by atoms with E-state index in [0.29, 0.717) is 12.0 Å². The molecular weight excluding hydrogens is 336 g/mol. The van der Waals surface area contributed by atoms with Crippen molar-refractivity contribution in [3.8, 4) is 0 Å². The third-order valence-electron chi connectivity index (χ3n) is 5.65. The number of amides is 1. The van der Waals surface area contributed by atoms with E-state index >= 15 is 0 Å². The summed E-state index contributed by atoms with van der Waals surface area (Å²) in [6.45, 7) is -0.0255. The van der Waals surface area contributed by atoms with E-state index in [2.05, 4.69) is 9.89 Å². The van der Waals surface area contributed by atoms with Crippen LogP contribution in [-0.2, 0) is 19.4 Å². The minimum atomic E-state index is -2.97. The van der Waals surface area contributed by atoms with Gasteiger partial charge in [0.2, 0.25) is 0 Å². The summed E-state index contributed by atoms with van der Waals surface area (Å²) in [4.78, 5) is 18.4. The van der Waals surface area contributed by atoms with E-state index in [1.165, 1.54) is 38.1 Å². The molecule has 0 aromatic rings. The molecule has 1 amide bonds. The summed E-state index contributed by atoms with van der Waals surface area (Å²) in [5.41, 5.74) is 0. The van der Waals surface area contributed by atoms with Gasteiger partial charge in [-0.1, -0.05) is 18.2 Å². The first-order chi connectivity index (χ1) is 11.0. The van der Waals surface area contributed by atoms with Gasteiger partial charge in [0.05, 0.1) is 17.5 Å². The largest absolute Gasteiger partial charge is 0.375 e. The van der Waals surface area contributed by atoms with Crippen molar-refractivity contribution in [1.29, 1.82) is 0 Å². The molecule has 5 atom stereocenters. The number of aliphatic imine (C=N–C) groups is 1. The molecule has 2 saturated heterocycles. The Hall–Kier alpha value is -0.600. The molecule has 4 fully saturated rings. The van der Waals surface area contributed by atoms with Gasteiger partial charge in [0.15, 0.2) is 15.0 Å². The zero-order chi connectivity index (χ0) is 16.2. The molecule has 0 radical (unpaired) electrons. The second-order valence-electron chi connectivity index (χ2n) is 7.17. The Morgan fingerprint density at radius 3 is 2.78 bits per heavy atom. The zero-order valence-corrected chi connectivity index (χ0v) is 14.8. The molecule has 128 valence electrons. The normalized spacial score (nSPS) is 42.6. The van der Waals surface area contributed by atoms with E-state index in [9.17, 15) is 13.2 Å². The molecule has 2 aliphatic heterocycles. The number of sulfone groups is 1. The van der Waals surface area contributed by atoms with Crippen LogP contribution in [0.15, 0.2) is 4.99 Å². The minimum Gasteiger partial charge on any atom is -0.375 e. The van der Waals surface area contributed by atoms with Crippen LogP contribution >= 0.6 is 11.8 Å². The molecule has 0 aromatic carbocycles. The Morgan fingerprint density at radius 2 is 2.13 bits per heavy atom. The smallest absolute Gasteiger partial charge is 0.274 e. The Balaban J connectivity index is 1.63. The predicted octanol–water partition coefficient (Wildman–Crippen LogP) is 0.918. The average molecular weight is 358 g/mol. The molecule has 2 bridgehead atoms. The van der Waals surface area contributed by atoms with E-state index in [0.717, 1.165) is 17.5 Å². The molecular formula is C15H22N2O4S2. The fraction of sp³-hybridized carbons (Fsp3) is 0.867. The van der Waals surface area contributed by atoms with E-state index in [-0.39, 0.29) is 35.3 Å². The van der Waals surface area contributed by atoms with Crippen LogP contribution in [0.1, 0.15) is 25.7 Å². The van der Waals surface area contributed by atoms with Crippen molar-refractivity contribution in [3.63, 3.8) is 0 Å².